The van der Waals surface area contributed by atoms with Crippen molar-refractivity contribution in [2.45, 2.75) is 31.4 Å². The van der Waals surface area contributed by atoms with Crippen LogP contribution in [0.15, 0.2) is 23.4 Å². The first-order chi connectivity index (χ1) is 9.99. The molecule has 0 aliphatic carbocycles. The lowest BCUT2D eigenvalue weighted by molar-refractivity contribution is -0.118. The quantitative estimate of drug-likeness (QED) is 0.534. The molecule has 6 nitrogen and oxygen atoms in total. The first-order valence-corrected chi connectivity index (χ1v) is 7.68. The van der Waals surface area contributed by atoms with Crippen LogP contribution in [0, 0.1) is 0 Å². The molecule has 1 aromatic rings. The van der Waals surface area contributed by atoms with Crippen molar-refractivity contribution in [1.29, 1.82) is 0 Å². The molecule has 7 heteroatoms. The van der Waals surface area contributed by atoms with Crippen molar-refractivity contribution in [3.05, 3.63) is 23.9 Å². The number of thioether (sulfide) groups is 1. The monoisotopic (exact) mass is 312 g/mol. The number of hydrogen-bond donors (Lipinski definition) is 2. The Labute approximate surface area is 128 Å². The van der Waals surface area contributed by atoms with Crippen LogP contribution in [0.4, 0.5) is 0 Å². The molecular formula is C14H20N2O4S. The summed E-state index contributed by atoms with van der Waals surface area (Å²) in [5.41, 5.74) is 0.166. The molecule has 1 rings (SSSR count). The van der Waals surface area contributed by atoms with Crippen LogP contribution in [-0.4, -0.2) is 47.0 Å². The summed E-state index contributed by atoms with van der Waals surface area (Å²) in [6, 6.07) is 2.87. The van der Waals surface area contributed by atoms with Gasteiger partial charge in [0.05, 0.1) is 22.4 Å². The van der Waals surface area contributed by atoms with Gasteiger partial charge in [-0.2, -0.15) is 0 Å². The number of nitrogens with zero attached hydrogens (tertiary/aromatic N) is 1. The molecule has 2 N–H and O–H groups in total. The van der Waals surface area contributed by atoms with E-state index in [0.717, 1.165) is 6.42 Å². The van der Waals surface area contributed by atoms with E-state index in [1.165, 1.54) is 30.1 Å². The molecule has 0 unspecified atom stereocenters. The Morgan fingerprint density at radius 1 is 1.48 bits per heavy atom. The van der Waals surface area contributed by atoms with E-state index < -0.39 is 5.97 Å². The van der Waals surface area contributed by atoms with E-state index in [-0.39, 0.29) is 23.3 Å². The third kappa shape index (κ3) is 7.67. The van der Waals surface area contributed by atoms with Crippen molar-refractivity contribution in [1.82, 2.24) is 10.3 Å². The number of carbonyl (C=O) groups excluding carboxylic acids is 1. The lowest BCUT2D eigenvalue weighted by atomic mass is 10.3. The standard InChI is InChI=1S/C14H20N2O4S/c1-10(2)20-7-3-5-15-12(17)9-21-13-8-11(14(18)19)4-6-16-13/h4,6,8,10H,3,5,7,9H2,1-2H3,(H,15,17)(H,18,19). The summed E-state index contributed by atoms with van der Waals surface area (Å²) in [5.74, 6) is -0.901. The van der Waals surface area contributed by atoms with E-state index in [1.807, 2.05) is 13.8 Å². The second-order valence-electron chi connectivity index (χ2n) is 4.60. The topological polar surface area (TPSA) is 88.5 Å². The van der Waals surface area contributed by atoms with Crippen molar-refractivity contribution in [3.8, 4) is 0 Å². The van der Waals surface area contributed by atoms with Gasteiger partial charge < -0.3 is 15.2 Å². The molecule has 0 saturated heterocycles. The van der Waals surface area contributed by atoms with Gasteiger partial charge in [0.15, 0.2) is 0 Å². The number of carboxylic acid groups (broad SMARTS) is 1. The van der Waals surface area contributed by atoms with Crippen LogP contribution < -0.4 is 5.32 Å². The van der Waals surface area contributed by atoms with Crippen LogP contribution in [0.2, 0.25) is 0 Å². The molecular weight excluding hydrogens is 292 g/mol. The van der Waals surface area contributed by atoms with Gasteiger partial charge in [-0.25, -0.2) is 9.78 Å². The highest BCUT2D eigenvalue weighted by atomic mass is 32.2. The van der Waals surface area contributed by atoms with Crippen LogP contribution >= 0.6 is 11.8 Å². The summed E-state index contributed by atoms with van der Waals surface area (Å²) in [6.45, 7) is 5.11. The number of aromatic nitrogens is 1. The van der Waals surface area contributed by atoms with E-state index in [1.54, 1.807) is 0 Å². The van der Waals surface area contributed by atoms with E-state index in [0.29, 0.717) is 18.2 Å². The predicted molar refractivity (Wildman–Crippen MR) is 80.6 cm³/mol. The summed E-state index contributed by atoms with van der Waals surface area (Å²) in [7, 11) is 0. The number of pyridine rings is 1. The van der Waals surface area contributed by atoms with Crippen LogP contribution in [-0.2, 0) is 9.53 Å². The highest BCUT2D eigenvalue weighted by Gasteiger charge is 2.07. The van der Waals surface area contributed by atoms with Crippen LogP contribution in [0.3, 0.4) is 0 Å². The van der Waals surface area contributed by atoms with Gasteiger partial charge in [0.1, 0.15) is 0 Å². The molecule has 0 aromatic carbocycles. The fourth-order valence-electron chi connectivity index (χ4n) is 1.43. The van der Waals surface area contributed by atoms with Gasteiger partial charge in [-0.1, -0.05) is 11.8 Å². The third-order valence-electron chi connectivity index (χ3n) is 2.43. The molecule has 0 bridgehead atoms. The van der Waals surface area contributed by atoms with Crippen LogP contribution in [0.25, 0.3) is 0 Å². The average Bonchev–Trinajstić information content (AvgIpc) is 2.44. The number of amides is 1. The molecule has 0 radical (unpaired) electrons. The van der Waals surface area contributed by atoms with Crippen molar-refractivity contribution in [2.24, 2.45) is 0 Å². The van der Waals surface area contributed by atoms with Crippen molar-refractivity contribution < 1.29 is 19.4 Å². The molecule has 1 amide bonds. The van der Waals surface area contributed by atoms with Gasteiger partial charge in [0.25, 0.3) is 0 Å². The number of hydrogen-bond acceptors (Lipinski definition) is 5. The van der Waals surface area contributed by atoms with Crippen LogP contribution in [0.1, 0.15) is 30.6 Å². The fraction of sp³-hybridized carbons (Fsp3) is 0.500. The molecule has 21 heavy (non-hydrogen) atoms. The molecule has 0 saturated carbocycles. The van der Waals surface area contributed by atoms with Gasteiger partial charge in [-0.15, -0.1) is 0 Å². The highest BCUT2D eigenvalue weighted by molar-refractivity contribution is 7.99. The summed E-state index contributed by atoms with van der Waals surface area (Å²) in [4.78, 5) is 26.5. The van der Waals surface area contributed by atoms with Gasteiger partial charge in [0.2, 0.25) is 5.91 Å². The largest absolute Gasteiger partial charge is 0.478 e. The Morgan fingerprint density at radius 3 is 2.90 bits per heavy atom. The molecule has 0 aliphatic rings. The minimum absolute atomic E-state index is 0.105. The molecule has 0 atom stereocenters. The number of nitrogens with one attached hydrogen (secondary N) is 1. The van der Waals surface area contributed by atoms with E-state index in [2.05, 4.69) is 10.3 Å². The molecule has 1 aromatic heterocycles. The molecule has 0 fully saturated rings. The minimum atomic E-state index is -1.01. The molecule has 1 heterocycles. The smallest absolute Gasteiger partial charge is 0.335 e. The van der Waals surface area contributed by atoms with Gasteiger partial charge >= 0.3 is 5.97 Å². The first kappa shape index (κ1) is 17.5. The normalized spacial score (nSPS) is 10.6. The minimum Gasteiger partial charge on any atom is -0.478 e. The van der Waals surface area contributed by atoms with Crippen molar-refractivity contribution in [2.75, 3.05) is 18.9 Å². The summed E-state index contributed by atoms with van der Waals surface area (Å²) in [5, 5.41) is 12.2. The molecule has 0 aliphatic heterocycles. The Balaban J connectivity index is 2.24. The zero-order valence-electron chi connectivity index (χ0n) is 12.2. The Kier molecular flexibility index (Phi) is 7.78. The van der Waals surface area contributed by atoms with Crippen molar-refractivity contribution >= 4 is 23.6 Å². The Hall–Kier alpha value is -1.60. The zero-order chi connectivity index (χ0) is 15.7. The van der Waals surface area contributed by atoms with E-state index in [9.17, 15) is 9.59 Å². The third-order valence-corrected chi connectivity index (χ3v) is 3.35. The number of carboxylic acids is 1. The second-order valence-corrected chi connectivity index (χ2v) is 5.60. The maximum Gasteiger partial charge on any atom is 0.335 e. The maximum absolute atomic E-state index is 11.6. The zero-order valence-corrected chi connectivity index (χ0v) is 13.0. The van der Waals surface area contributed by atoms with Gasteiger partial charge in [-0.05, 0) is 32.4 Å². The van der Waals surface area contributed by atoms with Gasteiger partial charge in [0, 0.05) is 19.3 Å². The summed E-state index contributed by atoms with van der Waals surface area (Å²) in [6.07, 6.45) is 2.39. The van der Waals surface area contributed by atoms with Crippen LogP contribution in [0.5, 0.6) is 0 Å². The maximum atomic E-state index is 11.6. The van der Waals surface area contributed by atoms with Crippen molar-refractivity contribution in [3.63, 3.8) is 0 Å². The lowest BCUT2D eigenvalue weighted by Gasteiger charge is -2.08. The number of carbonyl (C=O) groups is 2. The molecule has 0 spiro atoms. The Morgan fingerprint density at radius 2 is 2.24 bits per heavy atom. The highest BCUT2D eigenvalue weighted by Crippen LogP contribution is 2.15. The average molecular weight is 312 g/mol. The SMILES string of the molecule is CC(C)OCCCNC(=O)CSc1cc(C(=O)O)ccn1. The van der Waals surface area contributed by atoms with E-state index in [4.69, 9.17) is 9.84 Å². The van der Waals surface area contributed by atoms with E-state index >= 15 is 0 Å². The number of aromatic carboxylic acids is 1. The summed E-state index contributed by atoms with van der Waals surface area (Å²) < 4.78 is 5.37. The predicted octanol–water partition coefficient (Wildman–Crippen LogP) is 1.80. The molecule has 116 valence electrons. The van der Waals surface area contributed by atoms with Gasteiger partial charge in [-0.3, -0.25) is 4.79 Å². The fourth-order valence-corrected chi connectivity index (χ4v) is 2.16. The summed E-state index contributed by atoms with van der Waals surface area (Å²) >= 11 is 1.21. The lowest BCUT2D eigenvalue weighted by Crippen LogP contribution is -2.27. The Bertz CT molecular complexity index is 480. The second kappa shape index (κ2) is 9.36. The first-order valence-electron chi connectivity index (χ1n) is 6.69. The number of ether oxygens (including phenoxy) is 1. The number of rotatable bonds is 9.